The molecule has 4 aliphatic rings. The van der Waals surface area contributed by atoms with Crippen molar-refractivity contribution in [2.24, 2.45) is 16.2 Å². The third-order valence-corrected chi connectivity index (χ3v) is 11.1. The van der Waals surface area contributed by atoms with Crippen LogP contribution in [0.4, 0.5) is 0 Å². The second-order valence-corrected chi connectivity index (χ2v) is 14.7. The van der Waals surface area contributed by atoms with Crippen LogP contribution in [0.2, 0.25) is 0 Å². The summed E-state index contributed by atoms with van der Waals surface area (Å²) in [5.74, 6) is -1.86. The summed E-state index contributed by atoms with van der Waals surface area (Å²) < 4.78 is 0. The number of carbonyl (C=O) groups is 3. The normalized spacial score (nSPS) is 31.4. The number of fused-ring (bicyclic) bond motifs is 3. The summed E-state index contributed by atoms with van der Waals surface area (Å²) in [7, 11) is 0. The number of rotatable bonds is 5. The van der Waals surface area contributed by atoms with Crippen LogP contribution in [0.1, 0.15) is 127 Å². The Hall–Kier alpha value is -2.53. The monoisotopic (exact) mass is 546 g/mol. The van der Waals surface area contributed by atoms with E-state index in [0.29, 0.717) is 29.4 Å². The molecule has 216 valence electrons. The first-order valence-electron chi connectivity index (χ1n) is 15.1. The van der Waals surface area contributed by atoms with Gasteiger partial charge in [0.1, 0.15) is 5.76 Å². The van der Waals surface area contributed by atoms with Gasteiger partial charge in [-0.05, 0) is 99.3 Å². The molecule has 0 saturated heterocycles. The van der Waals surface area contributed by atoms with E-state index in [1.165, 1.54) is 43.7 Å². The molecular formula is C35H46O5. The molecule has 0 aliphatic heterocycles. The summed E-state index contributed by atoms with van der Waals surface area (Å²) in [6.07, 6.45) is 8.25. The largest absolute Gasteiger partial charge is 0.507 e. The summed E-state index contributed by atoms with van der Waals surface area (Å²) in [4.78, 5) is 40.5. The van der Waals surface area contributed by atoms with Gasteiger partial charge < -0.3 is 10.2 Å². The van der Waals surface area contributed by atoms with Gasteiger partial charge in [-0.15, -0.1) is 0 Å². The van der Waals surface area contributed by atoms with Crippen LogP contribution < -0.4 is 0 Å². The van der Waals surface area contributed by atoms with Crippen molar-refractivity contribution in [3.63, 3.8) is 0 Å². The molecule has 2 saturated carbocycles. The Bertz CT molecular complexity index is 1400. The minimum Gasteiger partial charge on any atom is -0.507 e. The van der Waals surface area contributed by atoms with Crippen molar-refractivity contribution < 1.29 is 24.6 Å². The standard InChI is InChI=1S/C35H46O5/c1-19(2)24-15-23(11-14-32(6)12-9-10-13-32)21(4)27-25(24)17-33(7)18-34(8)16-20(3)26(22(5)36)30(38)35(34,40)31(39)28(33)29(27)37/h15,19,37,40H,9-14,16-18H2,1-8H3/t33-,34+,35+/m1/s1. The minimum atomic E-state index is -2.38. The van der Waals surface area contributed by atoms with Crippen LogP contribution in [0.15, 0.2) is 22.8 Å². The van der Waals surface area contributed by atoms with Crippen LogP contribution in [-0.4, -0.2) is 33.2 Å². The zero-order chi connectivity index (χ0) is 29.6. The van der Waals surface area contributed by atoms with E-state index >= 15 is 0 Å². The van der Waals surface area contributed by atoms with E-state index in [0.717, 1.165) is 24.0 Å². The number of aryl methyl sites for hydroxylation is 1. The van der Waals surface area contributed by atoms with Gasteiger partial charge >= 0.3 is 0 Å². The molecule has 0 radical (unpaired) electrons. The molecule has 3 atom stereocenters. The third kappa shape index (κ3) is 3.94. The molecular weight excluding hydrogens is 500 g/mol. The predicted molar refractivity (Wildman–Crippen MR) is 157 cm³/mol. The van der Waals surface area contributed by atoms with Gasteiger partial charge in [0.25, 0.3) is 0 Å². The molecule has 0 unspecified atom stereocenters. The van der Waals surface area contributed by atoms with Crippen LogP contribution in [-0.2, 0) is 27.2 Å². The van der Waals surface area contributed by atoms with Crippen molar-refractivity contribution in [3.05, 3.63) is 50.6 Å². The van der Waals surface area contributed by atoms with E-state index in [2.05, 4.69) is 26.8 Å². The average Bonchev–Trinajstić information content (AvgIpc) is 3.26. The Morgan fingerprint density at radius 3 is 2.23 bits per heavy atom. The van der Waals surface area contributed by atoms with Crippen molar-refractivity contribution in [1.29, 1.82) is 0 Å². The molecule has 2 fully saturated rings. The maximum Gasteiger partial charge on any atom is 0.206 e. The van der Waals surface area contributed by atoms with E-state index in [-0.39, 0.29) is 29.2 Å². The van der Waals surface area contributed by atoms with Gasteiger partial charge in [-0.1, -0.05) is 59.1 Å². The first kappa shape index (κ1) is 29.0. The van der Waals surface area contributed by atoms with Crippen LogP contribution in [0, 0.1) is 23.2 Å². The number of benzene rings is 1. The number of aliphatic hydroxyl groups is 2. The van der Waals surface area contributed by atoms with Gasteiger partial charge in [-0.2, -0.15) is 0 Å². The third-order valence-electron chi connectivity index (χ3n) is 11.1. The van der Waals surface area contributed by atoms with E-state index in [4.69, 9.17) is 0 Å². The lowest BCUT2D eigenvalue weighted by Crippen LogP contribution is -2.67. The highest BCUT2D eigenvalue weighted by Gasteiger charge is 2.69. The molecule has 0 bridgehead atoms. The highest BCUT2D eigenvalue weighted by molar-refractivity contribution is 6.33. The van der Waals surface area contributed by atoms with Crippen LogP contribution >= 0.6 is 0 Å². The van der Waals surface area contributed by atoms with E-state index in [1.807, 2.05) is 13.8 Å². The maximum atomic E-state index is 14.4. The first-order valence-corrected chi connectivity index (χ1v) is 15.1. The molecule has 5 nitrogen and oxygen atoms in total. The fraction of sp³-hybridized carbons (Fsp3) is 0.629. The number of aliphatic hydroxyl groups excluding tert-OH is 1. The van der Waals surface area contributed by atoms with Crippen molar-refractivity contribution in [3.8, 4) is 0 Å². The lowest BCUT2D eigenvalue weighted by Gasteiger charge is -2.56. The molecule has 0 aromatic heterocycles. The SMILES string of the molecule is CC(=O)C1=C(C)C[C@@]2(C)C[C@@]3(C)Cc4c(C(C)C)cc(CCC5(C)CCCC5)c(C)c4C(O)=C3C(=O)[C@@]2(O)C1=O. The lowest BCUT2D eigenvalue weighted by atomic mass is 9.46. The maximum absolute atomic E-state index is 14.4. The summed E-state index contributed by atoms with van der Waals surface area (Å²) in [6, 6.07) is 2.33. The molecule has 5 rings (SSSR count). The van der Waals surface area contributed by atoms with Gasteiger partial charge in [-0.3, -0.25) is 14.4 Å². The van der Waals surface area contributed by atoms with Gasteiger partial charge in [0.15, 0.2) is 11.4 Å². The molecule has 0 amide bonds. The van der Waals surface area contributed by atoms with Gasteiger partial charge in [0.2, 0.25) is 11.6 Å². The Morgan fingerprint density at radius 2 is 1.65 bits per heavy atom. The zero-order valence-corrected chi connectivity index (χ0v) is 25.6. The molecule has 0 spiro atoms. The summed E-state index contributed by atoms with van der Waals surface area (Å²) in [5, 5.41) is 24.0. The molecule has 1 aromatic rings. The number of allylic oxidation sites excluding steroid dienone is 1. The van der Waals surface area contributed by atoms with Crippen LogP contribution in [0.5, 0.6) is 0 Å². The predicted octanol–water partition coefficient (Wildman–Crippen LogP) is 7.05. The number of ketones is 3. The second kappa shape index (κ2) is 9.24. The van der Waals surface area contributed by atoms with E-state index in [1.54, 1.807) is 13.8 Å². The lowest BCUT2D eigenvalue weighted by molar-refractivity contribution is -0.171. The van der Waals surface area contributed by atoms with Crippen molar-refractivity contribution in [2.75, 3.05) is 0 Å². The van der Waals surface area contributed by atoms with Crippen molar-refractivity contribution in [1.82, 2.24) is 0 Å². The quantitative estimate of drug-likeness (QED) is 0.305. The van der Waals surface area contributed by atoms with Gasteiger partial charge in [-0.25, -0.2) is 0 Å². The molecule has 0 heterocycles. The van der Waals surface area contributed by atoms with E-state index < -0.39 is 33.8 Å². The number of hydrogen-bond donors (Lipinski definition) is 2. The zero-order valence-electron chi connectivity index (χ0n) is 25.6. The van der Waals surface area contributed by atoms with Crippen LogP contribution in [0.3, 0.4) is 0 Å². The second-order valence-electron chi connectivity index (χ2n) is 14.7. The van der Waals surface area contributed by atoms with Crippen molar-refractivity contribution >= 4 is 23.1 Å². The topological polar surface area (TPSA) is 91.7 Å². The number of hydrogen-bond acceptors (Lipinski definition) is 5. The number of Topliss-reactive ketones (excluding diaryl/α,β-unsaturated/α-hetero) is 3. The Labute approximate surface area is 239 Å². The van der Waals surface area contributed by atoms with Crippen LogP contribution in [0.25, 0.3) is 5.76 Å². The summed E-state index contributed by atoms with van der Waals surface area (Å²) in [6.45, 7) is 15.6. The summed E-state index contributed by atoms with van der Waals surface area (Å²) >= 11 is 0. The molecule has 1 aromatic carbocycles. The fourth-order valence-electron chi connectivity index (χ4n) is 9.06. The molecule has 4 aliphatic carbocycles. The highest BCUT2D eigenvalue weighted by atomic mass is 16.3. The van der Waals surface area contributed by atoms with E-state index in [9.17, 15) is 24.6 Å². The molecule has 2 N–H and O–H groups in total. The average molecular weight is 547 g/mol. The van der Waals surface area contributed by atoms with Gasteiger partial charge in [0, 0.05) is 22.0 Å². The van der Waals surface area contributed by atoms with Gasteiger partial charge in [0.05, 0.1) is 5.57 Å². The van der Waals surface area contributed by atoms with Crippen molar-refractivity contribution in [2.45, 2.75) is 125 Å². The highest BCUT2D eigenvalue weighted by Crippen LogP contribution is 2.62. The smallest absolute Gasteiger partial charge is 0.206 e. The first-order chi connectivity index (χ1) is 18.5. The number of carbonyl (C=O) groups excluding carboxylic acids is 3. The molecule has 40 heavy (non-hydrogen) atoms. The fourth-order valence-corrected chi connectivity index (χ4v) is 9.06. The Kier molecular flexibility index (Phi) is 6.69. The molecule has 5 heteroatoms. The minimum absolute atomic E-state index is 0.0748. The Morgan fingerprint density at radius 1 is 1.02 bits per heavy atom. The Balaban J connectivity index is 1.68. The summed E-state index contributed by atoms with van der Waals surface area (Å²) in [5.41, 5.74) is 1.98.